The summed E-state index contributed by atoms with van der Waals surface area (Å²) in [5, 5.41) is 19.4. The van der Waals surface area contributed by atoms with Gasteiger partial charge in [-0.15, -0.1) is 0 Å². The van der Waals surface area contributed by atoms with Gasteiger partial charge in [-0.05, 0) is 19.0 Å². The molecule has 0 saturated carbocycles. The second kappa shape index (κ2) is 7.03. The smallest absolute Gasteiger partial charge is 0.404 e. The zero-order valence-electron chi connectivity index (χ0n) is 9.96. The van der Waals surface area contributed by atoms with Gasteiger partial charge in [0, 0.05) is 6.54 Å². The van der Waals surface area contributed by atoms with Crippen LogP contribution in [-0.2, 0) is 6.54 Å². The van der Waals surface area contributed by atoms with Crippen LogP contribution in [0.25, 0.3) is 0 Å². The summed E-state index contributed by atoms with van der Waals surface area (Å²) in [6.45, 7) is 4.07. The van der Waals surface area contributed by atoms with E-state index in [9.17, 15) is 10.1 Å². The highest BCUT2D eigenvalue weighted by atomic mass is 16.6. The van der Waals surface area contributed by atoms with Gasteiger partial charge in [-0.2, -0.15) is 0 Å². The van der Waals surface area contributed by atoms with Gasteiger partial charge in [0.25, 0.3) is 0 Å². The van der Waals surface area contributed by atoms with Crippen molar-refractivity contribution >= 4 is 5.88 Å². The van der Waals surface area contributed by atoms with Crippen LogP contribution in [0.15, 0.2) is 16.5 Å². The normalized spacial score (nSPS) is 11.0. The third-order valence-electron chi connectivity index (χ3n) is 2.45. The van der Waals surface area contributed by atoms with Crippen molar-refractivity contribution < 1.29 is 14.4 Å². The lowest BCUT2D eigenvalue weighted by molar-refractivity contribution is -0.402. The van der Waals surface area contributed by atoms with E-state index in [0.717, 1.165) is 19.4 Å². The Labute approximate surface area is 100.0 Å². The average molecular weight is 242 g/mol. The first-order valence-electron chi connectivity index (χ1n) is 5.73. The van der Waals surface area contributed by atoms with Crippen LogP contribution < -0.4 is 0 Å². The van der Waals surface area contributed by atoms with Crippen molar-refractivity contribution in [2.45, 2.75) is 26.3 Å². The molecule has 1 aromatic rings. The Morgan fingerprint density at radius 3 is 2.76 bits per heavy atom. The molecule has 0 aliphatic rings. The van der Waals surface area contributed by atoms with E-state index in [1.165, 1.54) is 6.07 Å². The Morgan fingerprint density at radius 2 is 2.24 bits per heavy atom. The van der Waals surface area contributed by atoms with Gasteiger partial charge >= 0.3 is 5.88 Å². The van der Waals surface area contributed by atoms with E-state index < -0.39 is 4.92 Å². The fourth-order valence-corrected chi connectivity index (χ4v) is 1.56. The molecule has 1 heterocycles. The maximum Gasteiger partial charge on any atom is 0.433 e. The fraction of sp³-hybridized carbons (Fsp3) is 0.636. The van der Waals surface area contributed by atoms with Gasteiger partial charge in [-0.3, -0.25) is 15.0 Å². The quantitative estimate of drug-likeness (QED) is 0.555. The molecule has 96 valence electrons. The molecule has 1 rings (SSSR count). The largest absolute Gasteiger partial charge is 0.433 e. The summed E-state index contributed by atoms with van der Waals surface area (Å²) in [7, 11) is 0. The van der Waals surface area contributed by atoms with Crippen LogP contribution in [0.1, 0.15) is 25.5 Å². The predicted octanol–water partition coefficient (Wildman–Crippen LogP) is 1.78. The summed E-state index contributed by atoms with van der Waals surface area (Å²) in [5.41, 5.74) is 0. The van der Waals surface area contributed by atoms with Crippen molar-refractivity contribution in [1.29, 1.82) is 0 Å². The second-order valence-electron chi connectivity index (χ2n) is 3.85. The van der Waals surface area contributed by atoms with Gasteiger partial charge in [0.2, 0.25) is 0 Å². The third-order valence-corrected chi connectivity index (χ3v) is 2.45. The summed E-state index contributed by atoms with van der Waals surface area (Å²) in [5.74, 6) is 0.320. The molecule has 17 heavy (non-hydrogen) atoms. The van der Waals surface area contributed by atoms with Crippen molar-refractivity contribution in [2.24, 2.45) is 0 Å². The van der Waals surface area contributed by atoms with E-state index in [-0.39, 0.29) is 12.5 Å². The zero-order valence-corrected chi connectivity index (χ0v) is 9.96. The molecular formula is C11H18N2O4. The molecule has 6 nitrogen and oxygen atoms in total. The number of hydrogen-bond donors (Lipinski definition) is 1. The molecular weight excluding hydrogens is 224 g/mol. The minimum Gasteiger partial charge on any atom is -0.404 e. The number of aliphatic hydroxyl groups is 1. The Balaban J connectivity index is 2.55. The standard InChI is InChI=1S/C11H18N2O4/c1-2-3-6-12(7-8-14)9-10-4-5-11(17-10)13(15)16/h4-5,14H,2-3,6-9H2,1H3. The highest BCUT2D eigenvalue weighted by Gasteiger charge is 2.14. The van der Waals surface area contributed by atoms with Gasteiger partial charge < -0.3 is 9.52 Å². The van der Waals surface area contributed by atoms with Crippen LogP contribution in [0, 0.1) is 10.1 Å². The Morgan fingerprint density at radius 1 is 1.47 bits per heavy atom. The van der Waals surface area contributed by atoms with Crippen LogP contribution in [-0.4, -0.2) is 34.6 Å². The van der Waals surface area contributed by atoms with Gasteiger partial charge in [0.15, 0.2) is 0 Å². The highest BCUT2D eigenvalue weighted by molar-refractivity contribution is 5.17. The lowest BCUT2D eigenvalue weighted by Gasteiger charge is -2.19. The van der Waals surface area contributed by atoms with Crippen molar-refractivity contribution in [2.75, 3.05) is 19.7 Å². The van der Waals surface area contributed by atoms with E-state index in [1.807, 2.05) is 4.90 Å². The van der Waals surface area contributed by atoms with Crippen LogP contribution in [0.3, 0.4) is 0 Å². The molecule has 1 N–H and O–H groups in total. The predicted molar refractivity (Wildman–Crippen MR) is 62.6 cm³/mol. The molecule has 0 unspecified atom stereocenters. The summed E-state index contributed by atoms with van der Waals surface area (Å²) < 4.78 is 5.08. The maximum absolute atomic E-state index is 10.5. The molecule has 1 aromatic heterocycles. The van der Waals surface area contributed by atoms with Gasteiger partial charge in [-0.1, -0.05) is 13.3 Å². The van der Waals surface area contributed by atoms with Crippen molar-refractivity contribution in [3.63, 3.8) is 0 Å². The van der Waals surface area contributed by atoms with Crippen LogP contribution in [0.2, 0.25) is 0 Å². The minimum atomic E-state index is -0.550. The Kier molecular flexibility index (Phi) is 5.65. The topological polar surface area (TPSA) is 79.8 Å². The molecule has 6 heteroatoms. The van der Waals surface area contributed by atoms with Crippen molar-refractivity contribution in [3.8, 4) is 0 Å². The average Bonchev–Trinajstić information content (AvgIpc) is 2.75. The Bertz CT molecular complexity index is 351. The second-order valence-corrected chi connectivity index (χ2v) is 3.85. The van der Waals surface area contributed by atoms with E-state index in [0.29, 0.717) is 18.8 Å². The number of furan rings is 1. The fourth-order valence-electron chi connectivity index (χ4n) is 1.56. The number of nitrogens with zero attached hydrogens (tertiary/aromatic N) is 2. The van der Waals surface area contributed by atoms with E-state index in [4.69, 9.17) is 9.52 Å². The molecule has 0 aliphatic heterocycles. The first kappa shape index (κ1) is 13.7. The zero-order chi connectivity index (χ0) is 12.7. The summed E-state index contributed by atoms with van der Waals surface area (Å²) in [6, 6.07) is 2.96. The monoisotopic (exact) mass is 242 g/mol. The van der Waals surface area contributed by atoms with E-state index in [1.54, 1.807) is 6.07 Å². The van der Waals surface area contributed by atoms with E-state index in [2.05, 4.69) is 6.92 Å². The van der Waals surface area contributed by atoms with Crippen LogP contribution >= 0.6 is 0 Å². The lowest BCUT2D eigenvalue weighted by atomic mass is 10.3. The van der Waals surface area contributed by atoms with Crippen molar-refractivity contribution in [1.82, 2.24) is 4.90 Å². The number of unbranched alkanes of at least 4 members (excludes halogenated alkanes) is 1. The Hall–Kier alpha value is -1.40. The lowest BCUT2D eigenvalue weighted by Crippen LogP contribution is -2.27. The molecule has 0 aliphatic carbocycles. The molecule has 0 atom stereocenters. The molecule has 0 saturated heterocycles. The highest BCUT2D eigenvalue weighted by Crippen LogP contribution is 2.17. The molecule has 0 radical (unpaired) electrons. The summed E-state index contributed by atoms with van der Waals surface area (Å²) in [6.07, 6.45) is 2.10. The molecule has 0 spiro atoms. The van der Waals surface area contributed by atoms with Gasteiger partial charge in [-0.25, -0.2) is 0 Å². The summed E-state index contributed by atoms with van der Waals surface area (Å²) in [4.78, 5) is 11.9. The van der Waals surface area contributed by atoms with Gasteiger partial charge in [0.05, 0.1) is 19.2 Å². The number of aliphatic hydroxyl groups excluding tert-OH is 1. The van der Waals surface area contributed by atoms with Crippen molar-refractivity contribution in [3.05, 3.63) is 28.0 Å². The molecule has 0 bridgehead atoms. The van der Waals surface area contributed by atoms with E-state index >= 15 is 0 Å². The minimum absolute atomic E-state index is 0.0759. The van der Waals surface area contributed by atoms with Crippen LogP contribution in [0.5, 0.6) is 0 Å². The van der Waals surface area contributed by atoms with Crippen LogP contribution in [0.4, 0.5) is 5.88 Å². The molecule has 0 fully saturated rings. The maximum atomic E-state index is 10.5. The third kappa shape index (κ3) is 4.54. The van der Waals surface area contributed by atoms with Gasteiger partial charge in [0.1, 0.15) is 10.7 Å². The number of rotatable bonds is 8. The first-order chi connectivity index (χ1) is 8.17. The molecule has 0 aromatic carbocycles. The first-order valence-corrected chi connectivity index (χ1v) is 5.73. The SMILES string of the molecule is CCCCN(CCO)Cc1ccc([N+](=O)[O-])o1. The number of nitro groups is 1. The molecule has 0 amide bonds. The summed E-state index contributed by atoms with van der Waals surface area (Å²) >= 11 is 0. The number of hydrogen-bond acceptors (Lipinski definition) is 5.